The highest BCUT2D eigenvalue weighted by Gasteiger charge is 2.41. The zero-order chi connectivity index (χ0) is 18.3. The lowest BCUT2D eigenvalue weighted by Gasteiger charge is -2.41. The van der Waals surface area contributed by atoms with Gasteiger partial charge in [-0.15, -0.1) is 0 Å². The molecule has 0 spiro atoms. The van der Waals surface area contributed by atoms with Crippen molar-refractivity contribution in [3.05, 3.63) is 24.3 Å². The van der Waals surface area contributed by atoms with Gasteiger partial charge < -0.3 is 9.16 Å². The maximum atomic E-state index is 11.6. The molecule has 0 saturated heterocycles. The standard InChI is InChI=1S/C20H28O3Si/c1-19(2,3)24(5,6)23-20(4)15-12-10-8-7-9-11-14-18(21)22-17-13-16-20/h8,10,13,16H,11,14,17H2,1-6H3/b10-8-,16-13+. The molecule has 1 atom stereocenters. The molecule has 1 aliphatic heterocycles. The largest absolute Gasteiger partial charge is 0.461 e. The fourth-order valence-electron chi connectivity index (χ4n) is 1.83. The van der Waals surface area contributed by atoms with E-state index in [0.717, 1.165) is 0 Å². The first-order valence-electron chi connectivity index (χ1n) is 8.25. The Morgan fingerprint density at radius 3 is 2.58 bits per heavy atom. The van der Waals surface area contributed by atoms with E-state index in [9.17, 15) is 4.79 Å². The molecule has 1 heterocycles. The Balaban J connectivity index is 3.08. The third-order valence-electron chi connectivity index (χ3n) is 4.18. The van der Waals surface area contributed by atoms with Crippen molar-refractivity contribution < 1.29 is 14.0 Å². The molecule has 0 fully saturated rings. The van der Waals surface area contributed by atoms with E-state index in [0.29, 0.717) is 12.8 Å². The summed E-state index contributed by atoms with van der Waals surface area (Å²) < 4.78 is 11.7. The van der Waals surface area contributed by atoms with Crippen LogP contribution < -0.4 is 0 Å². The van der Waals surface area contributed by atoms with E-state index in [4.69, 9.17) is 9.16 Å². The summed E-state index contributed by atoms with van der Waals surface area (Å²) in [5, 5.41) is 0.0817. The summed E-state index contributed by atoms with van der Waals surface area (Å²) in [6, 6.07) is 0. The first-order chi connectivity index (χ1) is 11.1. The zero-order valence-electron chi connectivity index (χ0n) is 15.7. The third kappa shape index (κ3) is 6.79. The Hall–Kier alpha value is -1.75. The highest BCUT2D eigenvalue weighted by molar-refractivity contribution is 6.74. The normalized spacial score (nSPS) is 25.2. The Kier molecular flexibility index (Phi) is 7.08. The van der Waals surface area contributed by atoms with Gasteiger partial charge >= 0.3 is 5.97 Å². The highest BCUT2D eigenvalue weighted by Crippen LogP contribution is 2.39. The van der Waals surface area contributed by atoms with Crippen molar-refractivity contribution in [1.82, 2.24) is 0 Å². The second-order valence-corrected chi connectivity index (χ2v) is 12.2. The van der Waals surface area contributed by atoms with Gasteiger partial charge in [0.25, 0.3) is 0 Å². The van der Waals surface area contributed by atoms with E-state index in [1.807, 2.05) is 13.0 Å². The van der Waals surface area contributed by atoms with Gasteiger partial charge in [-0.2, -0.15) is 0 Å². The summed E-state index contributed by atoms with van der Waals surface area (Å²) >= 11 is 0. The molecule has 1 aliphatic rings. The molecule has 1 unspecified atom stereocenters. The molecule has 0 amide bonds. The summed E-state index contributed by atoms with van der Waals surface area (Å²) in [6.45, 7) is 13.1. The van der Waals surface area contributed by atoms with Crippen LogP contribution in [0.1, 0.15) is 40.5 Å². The van der Waals surface area contributed by atoms with Crippen LogP contribution in [0.5, 0.6) is 0 Å². The summed E-state index contributed by atoms with van der Waals surface area (Å²) in [5.74, 6) is 11.7. The number of ether oxygens (including phenoxy) is 1. The van der Waals surface area contributed by atoms with Crippen LogP contribution in [0.4, 0.5) is 0 Å². The average Bonchev–Trinajstić information content (AvgIpc) is 2.44. The van der Waals surface area contributed by atoms with Crippen LogP contribution in [0.15, 0.2) is 24.3 Å². The van der Waals surface area contributed by atoms with E-state index in [1.54, 1.807) is 18.2 Å². The molecule has 0 aromatic heterocycles. The number of allylic oxidation sites excluding steroid dienone is 2. The van der Waals surface area contributed by atoms with Gasteiger partial charge in [-0.3, -0.25) is 4.79 Å². The maximum absolute atomic E-state index is 11.6. The molecule has 0 radical (unpaired) electrons. The van der Waals surface area contributed by atoms with Crippen LogP contribution in [0, 0.1) is 23.7 Å². The van der Waals surface area contributed by atoms with Gasteiger partial charge in [-0.25, -0.2) is 0 Å². The molecule has 1 rings (SSSR count). The molecule has 24 heavy (non-hydrogen) atoms. The minimum absolute atomic E-state index is 0.0817. The first kappa shape index (κ1) is 20.3. The van der Waals surface area contributed by atoms with Crippen LogP contribution in [-0.4, -0.2) is 26.5 Å². The van der Waals surface area contributed by atoms with Crippen molar-refractivity contribution >= 4 is 14.3 Å². The van der Waals surface area contributed by atoms with Crippen LogP contribution in [-0.2, 0) is 14.0 Å². The second kappa shape index (κ2) is 8.38. The summed E-state index contributed by atoms with van der Waals surface area (Å²) in [7, 11) is -2.00. The van der Waals surface area contributed by atoms with E-state index < -0.39 is 13.9 Å². The fourth-order valence-corrected chi connectivity index (χ4v) is 3.32. The molecule has 0 N–H and O–H groups in total. The van der Waals surface area contributed by atoms with Crippen molar-refractivity contribution in [1.29, 1.82) is 0 Å². The molecule has 0 aromatic rings. The summed E-state index contributed by atoms with van der Waals surface area (Å²) in [6.07, 6.45) is 7.91. The number of carbonyl (C=O) groups is 1. The van der Waals surface area contributed by atoms with Gasteiger partial charge in [0.2, 0.25) is 0 Å². The fraction of sp³-hybridized carbons (Fsp3) is 0.550. The van der Waals surface area contributed by atoms with Crippen molar-refractivity contribution in [2.75, 3.05) is 6.61 Å². The molecule has 4 heteroatoms. The van der Waals surface area contributed by atoms with Gasteiger partial charge in [0.1, 0.15) is 12.2 Å². The molecule has 0 saturated carbocycles. The van der Waals surface area contributed by atoms with Crippen molar-refractivity contribution in [3.8, 4) is 23.7 Å². The van der Waals surface area contributed by atoms with E-state index in [1.165, 1.54) is 0 Å². The van der Waals surface area contributed by atoms with Gasteiger partial charge in [-0.1, -0.05) is 44.5 Å². The molecule has 3 nitrogen and oxygen atoms in total. The minimum atomic E-state index is -2.00. The number of hydrogen-bond acceptors (Lipinski definition) is 3. The Morgan fingerprint density at radius 2 is 1.92 bits per heavy atom. The van der Waals surface area contributed by atoms with Crippen LogP contribution in [0.2, 0.25) is 18.1 Å². The summed E-state index contributed by atoms with van der Waals surface area (Å²) in [4.78, 5) is 11.6. The number of cyclic esters (lactones) is 1. The Morgan fingerprint density at radius 1 is 1.25 bits per heavy atom. The topological polar surface area (TPSA) is 35.5 Å². The molecule has 0 aromatic carbocycles. The Labute approximate surface area is 147 Å². The molecule has 130 valence electrons. The lowest BCUT2D eigenvalue weighted by atomic mass is 10.1. The SMILES string of the molecule is CC1(O[Si](C)(C)C(C)(C)C)C#C/C=C\C#CCCC(=O)OC/C=C/1. The van der Waals surface area contributed by atoms with Crippen molar-refractivity contribution in [2.45, 2.75) is 64.3 Å². The monoisotopic (exact) mass is 344 g/mol. The van der Waals surface area contributed by atoms with E-state index >= 15 is 0 Å². The van der Waals surface area contributed by atoms with Crippen LogP contribution in [0.3, 0.4) is 0 Å². The smallest absolute Gasteiger partial charge is 0.307 e. The van der Waals surface area contributed by atoms with E-state index in [2.05, 4.69) is 57.5 Å². The second-order valence-electron chi connectivity index (χ2n) is 7.48. The maximum Gasteiger partial charge on any atom is 0.307 e. The molecule has 0 aliphatic carbocycles. The van der Waals surface area contributed by atoms with Gasteiger partial charge in [-0.05, 0) is 49.4 Å². The zero-order valence-corrected chi connectivity index (χ0v) is 16.7. The predicted octanol–water partition coefficient (Wildman–Crippen LogP) is 4.22. The number of carbonyl (C=O) groups excluding carboxylic acids is 1. The number of esters is 1. The molecular weight excluding hydrogens is 316 g/mol. The predicted molar refractivity (Wildman–Crippen MR) is 101 cm³/mol. The lowest BCUT2D eigenvalue weighted by molar-refractivity contribution is -0.142. The third-order valence-corrected chi connectivity index (χ3v) is 8.72. The minimum Gasteiger partial charge on any atom is -0.461 e. The number of hydrogen-bond donors (Lipinski definition) is 0. The average molecular weight is 345 g/mol. The van der Waals surface area contributed by atoms with E-state index in [-0.39, 0.29) is 17.6 Å². The van der Waals surface area contributed by atoms with Crippen LogP contribution in [0.25, 0.3) is 0 Å². The lowest BCUT2D eigenvalue weighted by Crippen LogP contribution is -2.47. The van der Waals surface area contributed by atoms with Crippen molar-refractivity contribution in [2.24, 2.45) is 0 Å². The van der Waals surface area contributed by atoms with Crippen molar-refractivity contribution in [3.63, 3.8) is 0 Å². The summed E-state index contributed by atoms with van der Waals surface area (Å²) in [5.41, 5.74) is -0.725. The molecular formula is C20H28O3Si. The number of rotatable bonds is 2. The van der Waals surface area contributed by atoms with Gasteiger partial charge in [0.05, 0.1) is 6.42 Å². The van der Waals surface area contributed by atoms with Gasteiger partial charge in [0.15, 0.2) is 8.32 Å². The first-order valence-corrected chi connectivity index (χ1v) is 11.2. The Bertz CT molecular complexity index is 630. The van der Waals surface area contributed by atoms with Gasteiger partial charge in [0, 0.05) is 6.42 Å². The highest BCUT2D eigenvalue weighted by atomic mass is 28.4. The quantitative estimate of drug-likeness (QED) is 0.326. The molecule has 0 bridgehead atoms. The van der Waals surface area contributed by atoms with Crippen LogP contribution >= 0.6 is 0 Å².